The third kappa shape index (κ3) is 5.98. The highest BCUT2D eigenvalue weighted by atomic mass is 32.1. The van der Waals surface area contributed by atoms with Gasteiger partial charge in [-0.15, -0.1) is 11.3 Å². The van der Waals surface area contributed by atoms with Gasteiger partial charge < -0.3 is 24.7 Å². The van der Waals surface area contributed by atoms with Gasteiger partial charge in [-0.25, -0.2) is 4.79 Å². The van der Waals surface area contributed by atoms with Gasteiger partial charge >= 0.3 is 11.9 Å². The fourth-order valence-electron chi connectivity index (χ4n) is 4.31. The molecule has 0 fully saturated rings. The van der Waals surface area contributed by atoms with Crippen LogP contribution in [-0.2, 0) is 35.5 Å². The second-order valence-electron chi connectivity index (χ2n) is 8.49. The van der Waals surface area contributed by atoms with E-state index in [1.165, 1.54) is 11.3 Å². The van der Waals surface area contributed by atoms with Crippen LogP contribution < -0.4 is 19.9 Å². The Morgan fingerprint density at radius 2 is 1.74 bits per heavy atom. The van der Waals surface area contributed by atoms with Gasteiger partial charge in [0.15, 0.2) is 0 Å². The van der Waals surface area contributed by atoms with E-state index in [0.29, 0.717) is 52.8 Å². The van der Waals surface area contributed by atoms with Crippen molar-refractivity contribution in [2.24, 2.45) is 5.73 Å². The summed E-state index contributed by atoms with van der Waals surface area (Å²) in [4.78, 5) is 26.1. The van der Waals surface area contributed by atoms with Crippen LogP contribution in [0.3, 0.4) is 0 Å². The molecule has 0 saturated heterocycles. The van der Waals surface area contributed by atoms with Gasteiger partial charge in [0, 0.05) is 28.4 Å². The monoisotopic (exact) mass is 533 g/mol. The molecule has 0 amide bonds. The molecule has 1 aromatic heterocycles. The standard InChI is InChI=1S/C30H31NO6S/c1-4-22-20(17-31)9-8-11-25(22)37-30(33)29-24(23-10-6-7-12-27(23)38-29)18-36-26-16-21(34-3)14-13-19(26)15-28(32)35-5-2/h6-14,16H,4-5,15,17-18,31H2,1-3H3. The molecule has 0 saturated carbocycles. The predicted octanol–water partition coefficient (Wildman–Crippen LogP) is 5.83. The Bertz CT molecular complexity index is 1440. The van der Waals surface area contributed by atoms with Crippen molar-refractivity contribution in [3.8, 4) is 17.2 Å². The molecule has 0 bridgehead atoms. The highest BCUT2D eigenvalue weighted by Gasteiger charge is 2.23. The molecule has 4 rings (SSSR count). The lowest BCUT2D eigenvalue weighted by atomic mass is 10.0. The zero-order chi connectivity index (χ0) is 27.1. The summed E-state index contributed by atoms with van der Waals surface area (Å²) in [6, 6.07) is 18.6. The highest BCUT2D eigenvalue weighted by molar-refractivity contribution is 7.21. The first-order valence-electron chi connectivity index (χ1n) is 12.5. The van der Waals surface area contributed by atoms with Crippen molar-refractivity contribution in [3.05, 3.63) is 87.8 Å². The van der Waals surface area contributed by atoms with Crippen molar-refractivity contribution < 1.29 is 28.5 Å². The fourth-order valence-corrected chi connectivity index (χ4v) is 5.40. The quantitative estimate of drug-likeness (QED) is 0.191. The highest BCUT2D eigenvalue weighted by Crippen LogP contribution is 2.35. The zero-order valence-electron chi connectivity index (χ0n) is 21.7. The molecule has 3 aromatic carbocycles. The molecular weight excluding hydrogens is 502 g/mol. The van der Waals surface area contributed by atoms with Gasteiger partial charge in [0.25, 0.3) is 0 Å². The number of benzene rings is 3. The fraction of sp³-hybridized carbons (Fsp3) is 0.267. The predicted molar refractivity (Wildman–Crippen MR) is 148 cm³/mol. The van der Waals surface area contributed by atoms with E-state index >= 15 is 0 Å². The van der Waals surface area contributed by atoms with Gasteiger partial charge in [0.2, 0.25) is 0 Å². The molecule has 0 aliphatic carbocycles. The van der Waals surface area contributed by atoms with E-state index in [0.717, 1.165) is 21.2 Å². The summed E-state index contributed by atoms with van der Waals surface area (Å²) in [6.07, 6.45) is 0.751. The smallest absolute Gasteiger partial charge is 0.354 e. The van der Waals surface area contributed by atoms with Crippen LogP contribution in [0.25, 0.3) is 10.1 Å². The molecule has 0 unspecified atom stereocenters. The Morgan fingerprint density at radius 1 is 0.921 bits per heavy atom. The molecular formula is C30H31NO6S. The van der Waals surface area contributed by atoms with Crippen molar-refractivity contribution in [2.45, 2.75) is 39.8 Å². The van der Waals surface area contributed by atoms with Crippen LogP contribution in [0.2, 0.25) is 0 Å². The number of methoxy groups -OCH3 is 1. The number of esters is 2. The maximum absolute atomic E-state index is 13.5. The minimum Gasteiger partial charge on any atom is -0.497 e. The molecule has 8 heteroatoms. The molecule has 0 spiro atoms. The number of ether oxygens (including phenoxy) is 4. The Morgan fingerprint density at radius 3 is 2.47 bits per heavy atom. The number of carbonyl (C=O) groups excluding carboxylic acids is 2. The number of nitrogens with two attached hydrogens (primary N) is 1. The van der Waals surface area contributed by atoms with Gasteiger partial charge in [-0.1, -0.05) is 43.3 Å². The maximum atomic E-state index is 13.5. The molecule has 198 valence electrons. The lowest BCUT2D eigenvalue weighted by Crippen LogP contribution is -2.13. The van der Waals surface area contributed by atoms with Gasteiger partial charge in [-0.3, -0.25) is 4.79 Å². The van der Waals surface area contributed by atoms with Gasteiger partial charge in [0.1, 0.15) is 28.7 Å². The minimum atomic E-state index is -0.453. The number of thiophene rings is 1. The minimum absolute atomic E-state index is 0.0593. The third-order valence-corrected chi connectivity index (χ3v) is 7.37. The number of hydrogen-bond donors (Lipinski definition) is 1. The molecule has 0 aliphatic heterocycles. The number of fused-ring (bicyclic) bond motifs is 1. The summed E-state index contributed by atoms with van der Waals surface area (Å²) in [7, 11) is 1.56. The van der Waals surface area contributed by atoms with E-state index in [1.807, 2.05) is 43.3 Å². The molecule has 7 nitrogen and oxygen atoms in total. The number of carbonyl (C=O) groups is 2. The normalized spacial score (nSPS) is 10.8. The van der Waals surface area contributed by atoms with E-state index in [2.05, 4.69) is 0 Å². The molecule has 2 N–H and O–H groups in total. The van der Waals surface area contributed by atoms with Gasteiger partial charge in [0.05, 0.1) is 20.1 Å². The van der Waals surface area contributed by atoms with E-state index in [4.69, 9.17) is 24.7 Å². The molecule has 0 radical (unpaired) electrons. The molecule has 1 heterocycles. The second kappa shape index (κ2) is 12.6. The average Bonchev–Trinajstić information content (AvgIpc) is 3.31. The van der Waals surface area contributed by atoms with Crippen LogP contribution in [0.1, 0.15) is 45.8 Å². The molecule has 0 atom stereocenters. The van der Waals surface area contributed by atoms with Crippen LogP contribution in [-0.4, -0.2) is 25.7 Å². The van der Waals surface area contributed by atoms with E-state index in [9.17, 15) is 9.59 Å². The van der Waals surface area contributed by atoms with Crippen molar-refractivity contribution >= 4 is 33.4 Å². The molecule has 0 aliphatic rings. The molecule has 38 heavy (non-hydrogen) atoms. The van der Waals surface area contributed by atoms with Crippen LogP contribution >= 0.6 is 11.3 Å². The lowest BCUT2D eigenvalue weighted by Gasteiger charge is -2.14. The van der Waals surface area contributed by atoms with E-state index < -0.39 is 5.97 Å². The summed E-state index contributed by atoms with van der Waals surface area (Å²) in [5.74, 6) is 0.782. The Labute approximate surface area is 226 Å². The van der Waals surface area contributed by atoms with Crippen molar-refractivity contribution in [3.63, 3.8) is 0 Å². The maximum Gasteiger partial charge on any atom is 0.354 e. The summed E-state index contributed by atoms with van der Waals surface area (Å²) in [5.41, 5.74) is 9.14. The summed E-state index contributed by atoms with van der Waals surface area (Å²) >= 11 is 1.36. The Hall–Kier alpha value is -3.88. The summed E-state index contributed by atoms with van der Waals surface area (Å²) < 4.78 is 23.6. The zero-order valence-corrected chi connectivity index (χ0v) is 22.6. The Kier molecular flexibility index (Phi) is 8.99. The summed E-state index contributed by atoms with van der Waals surface area (Å²) in [5, 5.41) is 0.908. The van der Waals surface area contributed by atoms with E-state index in [-0.39, 0.29) is 19.0 Å². The third-order valence-electron chi connectivity index (χ3n) is 6.18. The first-order chi connectivity index (χ1) is 18.5. The van der Waals surface area contributed by atoms with Crippen LogP contribution in [0.5, 0.6) is 17.2 Å². The van der Waals surface area contributed by atoms with Crippen LogP contribution in [0, 0.1) is 0 Å². The van der Waals surface area contributed by atoms with Gasteiger partial charge in [-0.05, 0) is 48.1 Å². The van der Waals surface area contributed by atoms with Crippen LogP contribution in [0.15, 0.2) is 60.7 Å². The van der Waals surface area contributed by atoms with Crippen molar-refractivity contribution in [1.82, 2.24) is 0 Å². The Balaban J connectivity index is 1.66. The lowest BCUT2D eigenvalue weighted by molar-refractivity contribution is -0.142. The first-order valence-corrected chi connectivity index (χ1v) is 13.3. The number of rotatable bonds is 11. The largest absolute Gasteiger partial charge is 0.497 e. The van der Waals surface area contributed by atoms with Gasteiger partial charge in [-0.2, -0.15) is 0 Å². The topological polar surface area (TPSA) is 97.1 Å². The average molecular weight is 534 g/mol. The summed E-state index contributed by atoms with van der Waals surface area (Å²) in [6.45, 7) is 4.53. The number of hydrogen-bond acceptors (Lipinski definition) is 8. The second-order valence-corrected chi connectivity index (χ2v) is 9.54. The van der Waals surface area contributed by atoms with E-state index in [1.54, 1.807) is 38.3 Å². The SMILES string of the molecule is CCOC(=O)Cc1ccc(OC)cc1OCc1c(C(=O)Oc2cccc(CN)c2CC)sc2ccccc12. The van der Waals surface area contributed by atoms with Crippen molar-refractivity contribution in [2.75, 3.05) is 13.7 Å². The van der Waals surface area contributed by atoms with Crippen molar-refractivity contribution in [1.29, 1.82) is 0 Å². The molecule has 4 aromatic rings. The van der Waals surface area contributed by atoms with Crippen LogP contribution in [0.4, 0.5) is 0 Å². The first kappa shape index (κ1) is 27.2.